The highest BCUT2D eigenvalue weighted by Crippen LogP contribution is 2.28. The number of rotatable bonds is 9. The minimum absolute atomic E-state index is 0.221. The van der Waals surface area contributed by atoms with Crippen molar-refractivity contribution in [3.8, 4) is 0 Å². The van der Waals surface area contributed by atoms with Crippen molar-refractivity contribution in [2.45, 2.75) is 50.1 Å². The maximum absolute atomic E-state index is 12.8. The SMILES string of the molecule is O=C(NCCNC(=O)C1OC2CN(Cc3ccccc3)CC1O2)C1OC2CN(Cc3ccccc3)CC1O2. The number of morpholine rings is 2. The fourth-order valence-corrected chi connectivity index (χ4v) is 5.60. The van der Waals surface area contributed by atoms with Crippen LogP contribution in [0.15, 0.2) is 60.7 Å². The Labute approximate surface area is 222 Å². The molecule has 2 aromatic rings. The van der Waals surface area contributed by atoms with Gasteiger partial charge in [0.25, 0.3) is 11.8 Å². The zero-order valence-electron chi connectivity index (χ0n) is 21.2. The van der Waals surface area contributed by atoms with Gasteiger partial charge in [0.05, 0.1) is 13.1 Å². The Morgan fingerprint density at radius 3 is 1.47 bits per heavy atom. The van der Waals surface area contributed by atoms with Gasteiger partial charge in [0, 0.05) is 39.3 Å². The molecule has 0 saturated carbocycles. The van der Waals surface area contributed by atoms with E-state index in [1.807, 2.05) is 36.4 Å². The molecule has 10 heteroatoms. The Hall–Kier alpha value is -2.86. The molecule has 4 aliphatic rings. The fraction of sp³-hybridized carbons (Fsp3) is 0.500. The number of carbonyl (C=O) groups is 2. The van der Waals surface area contributed by atoms with Gasteiger partial charge < -0.3 is 29.6 Å². The van der Waals surface area contributed by atoms with Gasteiger partial charge in [0.15, 0.2) is 24.8 Å². The lowest BCUT2D eigenvalue weighted by molar-refractivity contribution is -0.136. The van der Waals surface area contributed by atoms with Crippen LogP contribution in [0, 0.1) is 0 Å². The van der Waals surface area contributed by atoms with Crippen LogP contribution >= 0.6 is 0 Å². The molecule has 6 atom stereocenters. The molecule has 0 spiro atoms. The van der Waals surface area contributed by atoms with Crippen molar-refractivity contribution in [1.29, 1.82) is 0 Å². The maximum Gasteiger partial charge on any atom is 0.252 e. The average Bonchev–Trinajstić information content (AvgIpc) is 3.41. The molecule has 6 unspecified atom stereocenters. The van der Waals surface area contributed by atoms with Crippen molar-refractivity contribution in [2.24, 2.45) is 0 Å². The van der Waals surface area contributed by atoms with Crippen LogP contribution in [0.5, 0.6) is 0 Å². The number of hydrogen-bond donors (Lipinski definition) is 2. The molecule has 4 bridgehead atoms. The van der Waals surface area contributed by atoms with E-state index in [1.54, 1.807) is 0 Å². The summed E-state index contributed by atoms with van der Waals surface area (Å²) in [5.41, 5.74) is 2.44. The quantitative estimate of drug-likeness (QED) is 0.459. The van der Waals surface area contributed by atoms with E-state index in [0.29, 0.717) is 26.2 Å². The molecular formula is C28H34N4O6. The molecule has 38 heavy (non-hydrogen) atoms. The first-order valence-corrected chi connectivity index (χ1v) is 13.3. The lowest BCUT2D eigenvalue weighted by Crippen LogP contribution is -2.49. The van der Waals surface area contributed by atoms with E-state index in [4.69, 9.17) is 18.9 Å². The van der Waals surface area contributed by atoms with Crippen LogP contribution in [-0.4, -0.2) is 97.9 Å². The first-order valence-electron chi connectivity index (χ1n) is 13.3. The van der Waals surface area contributed by atoms with Crippen molar-refractivity contribution in [3.05, 3.63) is 71.8 Å². The number of carbonyl (C=O) groups excluding carboxylic acids is 2. The van der Waals surface area contributed by atoms with Gasteiger partial charge in [0.1, 0.15) is 12.2 Å². The molecule has 2 N–H and O–H groups in total. The molecule has 4 fully saturated rings. The van der Waals surface area contributed by atoms with E-state index in [-0.39, 0.29) is 37.1 Å². The minimum atomic E-state index is -0.655. The second-order valence-corrected chi connectivity index (χ2v) is 10.3. The first-order chi connectivity index (χ1) is 18.6. The molecule has 10 nitrogen and oxygen atoms in total. The highest BCUT2D eigenvalue weighted by molar-refractivity contribution is 5.83. The second kappa shape index (κ2) is 11.5. The third kappa shape index (κ3) is 5.90. The number of amides is 2. The summed E-state index contributed by atoms with van der Waals surface area (Å²) in [4.78, 5) is 30.1. The predicted molar refractivity (Wildman–Crippen MR) is 137 cm³/mol. The molecule has 4 aliphatic heterocycles. The molecule has 2 aromatic carbocycles. The van der Waals surface area contributed by atoms with Gasteiger partial charge in [-0.25, -0.2) is 0 Å². The summed E-state index contributed by atoms with van der Waals surface area (Å²) in [5, 5.41) is 5.74. The lowest BCUT2D eigenvalue weighted by Gasteiger charge is -2.30. The molecular weight excluding hydrogens is 488 g/mol. The number of benzene rings is 2. The third-order valence-electron chi connectivity index (χ3n) is 7.35. The van der Waals surface area contributed by atoms with Gasteiger partial charge >= 0.3 is 0 Å². The number of ether oxygens (including phenoxy) is 4. The van der Waals surface area contributed by atoms with Gasteiger partial charge in [-0.3, -0.25) is 19.4 Å². The molecule has 0 aromatic heterocycles. The predicted octanol–water partition coefficient (Wildman–Crippen LogP) is 0.471. The maximum atomic E-state index is 12.8. The average molecular weight is 523 g/mol. The van der Waals surface area contributed by atoms with Crippen LogP contribution in [0.1, 0.15) is 11.1 Å². The van der Waals surface area contributed by atoms with Crippen LogP contribution in [0.2, 0.25) is 0 Å². The van der Waals surface area contributed by atoms with Gasteiger partial charge in [-0.2, -0.15) is 0 Å². The zero-order chi connectivity index (χ0) is 25.9. The van der Waals surface area contributed by atoms with Crippen molar-refractivity contribution in [3.63, 3.8) is 0 Å². The van der Waals surface area contributed by atoms with Gasteiger partial charge in [-0.1, -0.05) is 60.7 Å². The summed E-state index contributed by atoms with van der Waals surface area (Å²) < 4.78 is 23.5. The summed E-state index contributed by atoms with van der Waals surface area (Å²) >= 11 is 0. The minimum Gasteiger partial charge on any atom is -0.352 e. The Morgan fingerprint density at radius 1 is 0.632 bits per heavy atom. The molecule has 6 rings (SSSR count). The van der Waals surface area contributed by atoms with E-state index in [0.717, 1.165) is 13.1 Å². The first kappa shape index (κ1) is 25.4. The number of fused-ring (bicyclic) bond motifs is 4. The topological polar surface area (TPSA) is 102 Å². The summed E-state index contributed by atoms with van der Waals surface area (Å²) in [6, 6.07) is 20.4. The Morgan fingerprint density at radius 2 is 1.05 bits per heavy atom. The summed E-state index contributed by atoms with van der Waals surface area (Å²) in [5.74, 6) is -0.442. The fourth-order valence-electron chi connectivity index (χ4n) is 5.60. The summed E-state index contributed by atoms with van der Waals surface area (Å²) in [6.45, 7) is 4.67. The Bertz CT molecular complexity index is 1020. The largest absolute Gasteiger partial charge is 0.352 e. The van der Waals surface area contributed by atoms with Crippen molar-refractivity contribution >= 4 is 11.8 Å². The van der Waals surface area contributed by atoms with Crippen molar-refractivity contribution < 1.29 is 28.5 Å². The lowest BCUT2D eigenvalue weighted by atomic mass is 10.1. The van der Waals surface area contributed by atoms with Gasteiger partial charge in [-0.05, 0) is 11.1 Å². The van der Waals surface area contributed by atoms with Gasteiger partial charge in [0.2, 0.25) is 0 Å². The molecule has 2 amide bonds. The Balaban J connectivity index is 0.918. The number of nitrogens with zero attached hydrogens (tertiary/aromatic N) is 2. The molecule has 0 radical (unpaired) electrons. The standard InChI is InChI=1S/C28H34N4O6/c33-27(25-21-15-31(17-23(35-21)37-25)13-19-7-3-1-4-8-19)29-11-12-30-28(34)26-22-16-32(18-24(36-22)38-26)14-20-9-5-2-6-10-20/h1-10,21-26H,11-18H2,(H,29,33)(H,30,34). The van der Waals surface area contributed by atoms with Crippen LogP contribution in [0.3, 0.4) is 0 Å². The molecule has 0 aliphatic carbocycles. The number of hydrogen-bond acceptors (Lipinski definition) is 8. The van der Waals surface area contributed by atoms with E-state index < -0.39 is 24.8 Å². The molecule has 4 saturated heterocycles. The zero-order valence-corrected chi connectivity index (χ0v) is 21.2. The van der Waals surface area contributed by atoms with Crippen LogP contribution in [0.4, 0.5) is 0 Å². The second-order valence-electron chi connectivity index (χ2n) is 10.3. The normalized spacial score (nSPS) is 30.7. The van der Waals surface area contributed by atoms with E-state index in [2.05, 4.69) is 44.7 Å². The van der Waals surface area contributed by atoms with E-state index in [1.165, 1.54) is 11.1 Å². The summed E-state index contributed by atoms with van der Waals surface area (Å²) in [7, 11) is 0. The molecule has 4 heterocycles. The third-order valence-corrected chi connectivity index (χ3v) is 7.35. The van der Waals surface area contributed by atoms with Gasteiger partial charge in [-0.15, -0.1) is 0 Å². The highest BCUT2D eigenvalue weighted by atomic mass is 16.7. The smallest absolute Gasteiger partial charge is 0.252 e. The van der Waals surface area contributed by atoms with Crippen molar-refractivity contribution in [2.75, 3.05) is 39.3 Å². The van der Waals surface area contributed by atoms with E-state index in [9.17, 15) is 9.59 Å². The van der Waals surface area contributed by atoms with Crippen LogP contribution in [-0.2, 0) is 41.6 Å². The molecule has 202 valence electrons. The van der Waals surface area contributed by atoms with Crippen LogP contribution < -0.4 is 10.6 Å². The summed E-state index contributed by atoms with van der Waals surface area (Å²) in [6.07, 6.45) is -2.75. The number of nitrogens with one attached hydrogen (secondary N) is 2. The Kier molecular flexibility index (Phi) is 7.68. The highest BCUT2D eigenvalue weighted by Gasteiger charge is 2.47. The van der Waals surface area contributed by atoms with E-state index >= 15 is 0 Å². The van der Waals surface area contributed by atoms with Crippen molar-refractivity contribution in [1.82, 2.24) is 20.4 Å². The monoisotopic (exact) mass is 522 g/mol. The van der Waals surface area contributed by atoms with Crippen LogP contribution in [0.25, 0.3) is 0 Å².